The van der Waals surface area contributed by atoms with Gasteiger partial charge in [0.1, 0.15) is 0 Å². The molecule has 0 atom stereocenters. The van der Waals surface area contributed by atoms with E-state index in [1.54, 1.807) is 0 Å². The zero-order valence-electron chi connectivity index (χ0n) is 15.8. The van der Waals surface area contributed by atoms with Crippen molar-refractivity contribution in [1.29, 1.82) is 0 Å². The fourth-order valence-electron chi connectivity index (χ4n) is 1.68. The molecule has 0 unspecified atom stereocenters. The second-order valence-electron chi connectivity index (χ2n) is 5.04. The molecule has 0 aliphatic heterocycles. The van der Waals surface area contributed by atoms with E-state index in [0.29, 0.717) is 19.8 Å². The molecule has 0 bridgehead atoms. The number of rotatable bonds is 14. The van der Waals surface area contributed by atoms with Gasteiger partial charge in [-0.05, 0) is 20.3 Å². The Morgan fingerprint density at radius 1 is 0.522 bits per heavy atom. The van der Waals surface area contributed by atoms with Gasteiger partial charge >= 0.3 is 0 Å². The van der Waals surface area contributed by atoms with E-state index in [1.807, 2.05) is 13.8 Å². The van der Waals surface area contributed by atoms with Gasteiger partial charge in [-0.15, -0.1) is 0 Å². The van der Waals surface area contributed by atoms with E-state index in [2.05, 4.69) is 11.7 Å². The molecule has 0 rings (SSSR count). The maximum Gasteiger partial charge on any atom is 0.0698 e. The molecule has 5 nitrogen and oxygen atoms in total. The van der Waals surface area contributed by atoms with Gasteiger partial charge in [0.25, 0.3) is 0 Å². The van der Waals surface area contributed by atoms with Crippen molar-refractivity contribution in [3.05, 3.63) is 0 Å². The van der Waals surface area contributed by atoms with E-state index in [-0.39, 0.29) is 13.2 Å². The summed E-state index contributed by atoms with van der Waals surface area (Å²) in [6.07, 6.45) is 10.4. The van der Waals surface area contributed by atoms with Crippen molar-refractivity contribution in [2.45, 2.75) is 72.1 Å². The van der Waals surface area contributed by atoms with Gasteiger partial charge in [-0.2, -0.15) is 0 Å². The minimum absolute atomic E-state index is 0.0278. The zero-order valence-corrected chi connectivity index (χ0v) is 15.8. The molecule has 0 aromatic heterocycles. The molecule has 0 aromatic carbocycles. The third-order valence-corrected chi connectivity index (χ3v) is 2.89. The van der Waals surface area contributed by atoms with Crippen LogP contribution in [0.5, 0.6) is 0 Å². The molecule has 0 aromatic rings. The predicted octanol–water partition coefficient (Wildman–Crippen LogP) is 3.15. The van der Waals surface area contributed by atoms with E-state index < -0.39 is 0 Å². The Labute approximate surface area is 144 Å². The van der Waals surface area contributed by atoms with Gasteiger partial charge in [-0.1, -0.05) is 51.9 Å². The Balaban J connectivity index is -0.000000286. The predicted molar refractivity (Wildman–Crippen MR) is 96.9 cm³/mol. The molecule has 0 radical (unpaired) electrons. The Morgan fingerprint density at radius 2 is 0.957 bits per heavy atom. The lowest BCUT2D eigenvalue weighted by molar-refractivity contribution is 0.0650. The highest BCUT2D eigenvalue weighted by molar-refractivity contribution is 4.44. The van der Waals surface area contributed by atoms with Crippen molar-refractivity contribution in [2.24, 2.45) is 0 Å². The van der Waals surface area contributed by atoms with Gasteiger partial charge in [-0.25, -0.2) is 0 Å². The first kappa shape index (κ1) is 27.6. The second-order valence-corrected chi connectivity index (χ2v) is 5.04. The average Bonchev–Trinajstić information content (AvgIpc) is 2.57. The van der Waals surface area contributed by atoms with Crippen molar-refractivity contribution < 1.29 is 24.8 Å². The fraction of sp³-hybridized carbons (Fsp3) is 1.00. The fourth-order valence-corrected chi connectivity index (χ4v) is 1.68. The van der Waals surface area contributed by atoms with Gasteiger partial charge in [0.15, 0.2) is 0 Å². The molecule has 0 heterocycles. The Bertz CT molecular complexity index is 142. The number of hydrogen-bond donors (Lipinski definition) is 3. The summed E-state index contributed by atoms with van der Waals surface area (Å²) in [6.45, 7) is 8.97. The molecule has 0 saturated carbocycles. The lowest BCUT2D eigenvalue weighted by Gasteiger charge is -1.98. The smallest absolute Gasteiger partial charge is 0.0698 e. The van der Waals surface area contributed by atoms with Crippen LogP contribution >= 0.6 is 0 Å². The molecule has 5 heteroatoms. The van der Waals surface area contributed by atoms with Gasteiger partial charge in [0, 0.05) is 19.8 Å². The van der Waals surface area contributed by atoms with Crippen molar-refractivity contribution >= 4 is 0 Å². The minimum atomic E-state index is 0.0278. The Hall–Kier alpha value is -0.200. The quantitative estimate of drug-likeness (QED) is 0.424. The molecule has 0 fully saturated rings. The lowest BCUT2D eigenvalue weighted by Crippen LogP contribution is -2.03. The van der Waals surface area contributed by atoms with Gasteiger partial charge in [0.05, 0.1) is 26.4 Å². The molecule has 0 spiro atoms. The van der Waals surface area contributed by atoms with Crippen LogP contribution in [0.15, 0.2) is 0 Å². The summed E-state index contributed by atoms with van der Waals surface area (Å²) in [4.78, 5) is 0. The van der Waals surface area contributed by atoms with Gasteiger partial charge in [-0.3, -0.25) is 0 Å². The van der Waals surface area contributed by atoms with Crippen LogP contribution in [0.4, 0.5) is 0 Å². The first-order chi connectivity index (χ1) is 11.2. The van der Waals surface area contributed by atoms with Crippen LogP contribution in [-0.2, 0) is 9.47 Å². The molecule has 0 amide bonds. The largest absolute Gasteiger partial charge is 0.396 e. The zero-order chi connectivity index (χ0) is 18.0. The van der Waals surface area contributed by atoms with Crippen LogP contribution in [0.3, 0.4) is 0 Å². The van der Waals surface area contributed by atoms with Crippen LogP contribution in [-0.4, -0.2) is 61.6 Å². The van der Waals surface area contributed by atoms with Crippen molar-refractivity contribution in [2.75, 3.05) is 46.2 Å². The third kappa shape index (κ3) is 44.9. The number of hydrogen-bond acceptors (Lipinski definition) is 5. The third-order valence-electron chi connectivity index (χ3n) is 2.89. The highest BCUT2D eigenvalue weighted by atomic mass is 16.5. The first-order valence-electron chi connectivity index (χ1n) is 9.22. The molecule has 23 heavy (non-hydrogen) atoms. The Morgan fingerprint density at radius 3 is 1.26 bits per heavy atom. The summed E-state index contributed by atoms with van der Waals surface area (Å²) in [5.74, 6) is 0. The standard InChI is InChI=1S/C10H22O.C4H10O3.C4H10O/c1-2-3-4-5-6-7-8-9-10-11;5-1-3-7-4-2-6;1-3-5-4-2/h11H,2-10H2,1H3;5-6H,1-4H2;3-4H2,1-2H3. The number of aliphatic hydroxyl groups excluding tert-OH is 3. The number of ether oxygens (including phenoxy) is 2. The van der Waals surface area contributed by atoms with Crippen LogP contribution in [0.25, 0.3) is 0 Å². The molecular formula is C18H42O5. The van der Waals surface area contributed by atoms with Gasteiger partial charge in [0.2, 0.25) is 0 Å². The van der Waals surface area contributed by atoms with Crippen molar-refractivity contribution in [1.82, 2.24) is 0 Å². The summed E-state index contributed by atoms with van der Waals surface area (Å²) in [5.41, 5.74) is 0. The highest BCUT2D eigenvalue weighted by Gasteiger charge is 1.89. The summed E-state index contributed by atoms with van der Waals surface area (Å²) < 4.78 is 9.47. The van der Waals surface area contributed by atoms with Crippen LogP contribution < -0.4 is 0 Å². The lowest BCUT2D eigenvalue weighted by atomic mass is 10.1. The Kier molecular flexibility index (Phi) is 40.2. The maximum absolute atomic E-state index is 8.51. The molecular weight excluding hydrogens is 296 g/mol. The van der Waals surface area contributed by atoms with Crippen molar-refractivity contribution in [3.8, 4) is 0 Å². The maximum atomic E-state index is 8.51. The summed E-state index contributed by atoms with van der Waals surface area (Å²) in [7, 11) is 0. The van der Waals surface area contributed by atoms with Gasteiger partial charge < -0.3 is 24.8 Å². The second kappa shape index (κ2) is 33.4. The summed E-state index contributed by atoms with van der Waals surface area (Å²) in [6, 6.07) is 0. The highest BCUT2D eigenvalue weighted by Crippen LogP contribution is 2.07. The van der Waals surface area contributed by atoms with E-state index >= 15 is 0 Å². The van der Waals surface area contributed by atoms with Crippen LogP contribution in [0.1, 0.15) is 72.1 Å². The molecule has 0 saturated heterocycles. The number of unbranched alkanes of at least 4 members (excludes halogenated alkanes) is 7. The molecule has 144 valence electrons. The topological polar surface area (TPSA) is 79.2 Å². The summed E-state index contributed by atoms with van der Waals surface area (Å²) in [5, 5.41) is 24.7. The average molecular weight is 339 g/mol. The number of aliphatic hydroxyl groups is 3. The summed E-state index contributed by atoms with van der Waals surface area (Å²) >= 11 is 0. The van der Waals surface area contributed by atoms with Crippen LogP contribution in [0.2, 0.25) is 0 Å². The van der Waals surface area contributed by atoms with E-state index in [1.165, 1.54) is 44.9 Å². The molecule has 0 aliphatic carbocycles. The molecule has 0 aliphatic rings. The van der Waals surface area contributed by atoms with Crippen LogP contribution in [0, 0.1) is 0 Å². The molecule has 3 N–H and O–H groups in total. The normalized spacial score (nSPS) is 9.65. The van der Waals surface area contributed by atoms with E-state index in [9.17, 15) is 0 Å². The first-order valence-corrected chi connectivity index (χ1v) is 9.22. The SMILES string of the molecule is CCCCCCCCCCO.CCOCC.OCCOCCO. The minimum Gasteiger partial charge on any atom is -0.396 e. The van der Waals surface area contributed by atoms with Crippen molar-refractivity contribution in [3.63, 3.8) is 0 Å². The van der Waals surface area contributed by atoms with E-state index in [4.69, 9.17) is 20.1 Å². The monoisotopic (exact) mass is 338 g/mol. The van der Waals surface area contributed by atoms with E-state index in [0.717, 1.165) is 19.6 Å².